The van der Waals surface area contributed by atoms with Crippen LogP contribution < -0.4 is 0 Å². The van der Waals surface area contributed by atoms with Crippen LogP contribution in [0.3, 0.4) is 0 Å². The van der Waals surface area contributed by atoms with Gasteiger partial charge in [0.15, 0.2) is 0 Å². The number of hydrogen-bond donors (Lipinski definition) is 3. The van der Waals surface area contributed by atoms with Gasteiger partial charge in [0, 0.05) is 6.61 Å². The second-order valence-electron chi connectivity index (χ2n) is 8.15. The van der Waals surface area contributed by atoms with Gasteiger partial charge in [-0.1, -0.05) is 103 Å². The highest BCUT2D eigenvalue weighted by Crippen LogP contribution is 2.36. The van der Waals surface area contributed by atoms with E-state index in [-0.39, 0.29) is 6.61 Å². The predicted molar refractivity (Wildman–Crippen MR) is 120 cm³/mol. The first-order valence-electron chi connectivity index (χ1n) is 11.9. The van der Waals surface area contributed by atoms with Crippen LogP contribution in [0.15, 0.2) is 0 Å². The van der Waals surface area contributed by atoms with Crippen molar-refractivity contribution in [2.24, 2.45) is 0 Å². The number of rotatable bonds is 22. The molecule has 0 spiro atoms. The average molecular weight is 453 g/mol. The molecule has 0 bridgehead atoms. The van der Waals surface area contributed by atoms with Crippen molar-refractivity contribution in [1.82, 2.24) is 0 Å². The summed E-state index contributed by atoms with van der Waals surface area (Å²) >= 11 is 0. The molecule has 0 aliphatic heterocycles. The number of ether oxygens (including phenoxy) is 2. The maximum atomic E-state index is 10.9. The molecule has 0 aromatic heterocycles. The summed E-state index contributed by atoms with van der Waals surface area (Å²) in [4.78, 5) is 28.0. The van der Waals surface area contributed by atoms with E-state index in [0.717, 1.165) is 12.8 Å². The molecule has 0 fully saturated rings. The SMILES string of the molecule is CCCCCCCCCCCCCCCCCCOC[C@H](O)COC(=O)P(=O)(O)O. The molecule has 0 rings (SSSR count). The van der Waals surface area contributed by atoms with Gasteiger partial charge in [0.2, 0.25) is 0 Å². The Labute approximate surface area is 183 Å². The average Bonchev–Trinajstić information content (AvgIpc) is 2.70. The third kappa shape index (κ3) is 20.8. The van der Waals surface area contributed by atoms with Gasteiger partial charge in [0.1, 0.15) is 12.7 Å². The third-order valence-corrected chi connectivity index (χ3v) is 5.69. The standard InChI is InChI=1S/C22H45O7P/c1-2-3-4-5-6-7-8-9-10-11-12-13-14-15-16-17-18-28-19-21(23)20-29-22(24)30(25,26)27/h21,23H,2-20H2,1H3,(H2,25,26,27)/t21-/m0/s1. The molecule has 0 aliphatic rings. The second kappa shape index (κ2) is 20.4. The lowest BCUT2D eigenvalue weighted by Crippen LogP contribution is -2.23. The van der Waals surface area contributed by atoms with E-state index in [4.69, 9.17) is 14.5 Å². The summed E-state index contributed by atoms with van der Waals surface area (Å²) in [6, 6.07) is 0. The lowest BCUT2D eigenvalue weighted by Gasteiger charge is -2.12. The lowest BCUT2D eigenvalue weighted by molar-refractivity contribution is 0.00231. The van der Waals surface area contributed by atoms with Crippen LogP contribution >= 0.6 is 7.60 Å². The van der Waals surface area contributed by atoms with E-state index in [1.807, 2.05) is 0 Å². The molecule has 1 atom stereocenters. The largest absolute Gasteiger partial charge is 0.454 e. The maximum absolute atomic E-state index is 10.9. The minimum Gasteiger partial charge on any atom is -0.454 e. The predicted octanol–water partition coefficient (Wildman–Crippen LogP) is 5.94. The second-order valence-corrected chi connectivity index (χ2v) is 9.61. The summed E-state index contributed by atoms with van der Waals surface area (Å²) in [6.07, 6.45) is 19.8. The van der Waals surface area contributed by atoms with Gasteiger partial charge in [0.05, 0.1) is 6.61 Å². The third-order valence-electron chi connectivity index (χ3n) is 5.09. The van der Waals surface area contributed by atoms with Crippen LogP contribution in [-0.2, 0) is 14.0 Å². The number of unbranched alkanes of at least 4 members (excludes halogenated alkanes) is 15. The minimum atomic E-state index is -4.89. The molecule has 3 N–H and O–H groups in total. The van der Waals surface area contributed by atoms with Crippen molar-refractivity contribution in [1.29, 1.82) is 0 Å². The van der Waals surface area contributed by atoms with Gasteiger partial charge in [-0.25, -0.2) is 9.36 Å². The molecule has 30 heavy (non-hydrogen) atoms. The molecule has 0 aliphatic carbocycles. The summed E-state index contributed by atoms with van der Waals surface area (Å²) in [6.45, 7) is 2.27. The molecule has 0 unspecified atom stereocenters. The maximum Gasteiger partial charge on any atom is 0.433 e. The highest BCUT2D eigenvalue weighted by molar-refractivity contribution is 7.69. The van der Waals surface area contributed by atoms with Crippen LogP contribution in [0, 0.1) is 0 Å². The topological polar surface area (TPSA) is 113 Å². The fourth-order valence-corrected chi connectivity index (χ4v) is 3.51. The van der Waals surface area contributed by atoms with E-state index in [1.54, 1.807) is 0 Å². The van der Waals surface area contributed by atoms with E-state index in [2.05, 4.69) is 11.7 Å². The number of carbonyl (C=O) groups is 1. The number of aliphatic hydroxyl groups excluding tert-OH is 1. The minimum absolute atomic E-state index is 0.0207. The first kappa shape index (κ1) is 29.5. The van der Waals surface area contributed by atoms with Crippen LogP contribution in [-0.4, -0.2) is 46.5 Å². The zero-order valence-electron chi connectivity index (χ0n) is 18.9. The van der Waals surface area contributed by atoms with Gasteiger partial charge in [-0.05, 0) is 6.42 Å². The molecule has 0 radical (unpaired) electrons. The van der Waals surface area contributed by atoms with Crippen molar-refractivity contribution in [3.8, 4) is 0 Å². The highest BCUT2D eigenvalue weighted by atomic mass is 31.2. The summed E-state index contributed by atoms with van der Waals surface area (Å²) in [5, 5.41) is 9.54. The van der Waals surface area contributed by atoms with E-state index < -0.39 is 26.0 Å². The normalized spacial score (nSPS) is 12.8. The Morgan fingerprint density at radius 2 is 1.13 bits per heavy atom. The van der Waals surface area contributed by atoms with Crippen molar-refractivity contribution < 1.29 is 33.7 Å². The van der Waals surface area contributed by atoms with E-state index in [0.29, 0.717) is 6.61 Å². The molecule has 0 aromatic rings. The summed E-state index contributed by atoms with van der Waals surface area (Å²) in [5.74, 6) is 0. The van der Waals surface area contributed by atoms with Crippen molar-refractivity contribution in [3.05, 3.63) is 0 Å². The van der Waals surface area contributed by atoms with Crippen LogP contribution in [0.1, 0.15) is 110 Å². The summed E-state index contributed by atoms with van der Waals surface area (Å²) in [7, 11) is -4.89. The van der Waals surface area contributed by atoms with Crippen LogP contribution in [0.5, 0.6) is 0 Å². The van der Waals surface area contributed by atoms with Gasteiger partial charge in [-0.2, -0.15) is 0 Å². The number of hydrogen-bond acceptors (Lipinski definition) is 5. The first-order chi connectivity index (χ1) is 14.4. The monoisotopic (exact) mass is 452 g/mol. The summed E-state index contributed by atoms with van der Waals surface area (Å²) in [5.41, 5.74) is -1.63. The first-order valence-corrected chi connectivity index (χ1v) is 13.5. The van der Waals surface area contributed by atoms with Gasteiger partial charge >= 0.3 is 13.3 Å². The van der Waals surface area contributed by atoms with Gasteiger partial charge < -0.3 is 24.4 Å². The van der Waals surface area contributed by atoms with Gasteiger partial charge in [-0.15, -0.1) is 0 Å². The van der Waals surface area contributed by atoms with E-state index in [1.165, 1.54) is 89.9 Å². The Balaban J connectivity index is 3.22. The van der Waals surface area contributed by atoms with Crippen molar-refractivity contribution in [2.45, 2.75) is 116 Å². The van der Waals surface area contributed by atoms with Crippen LogP contribution in [0.4, 0.5) is 4.79 Å². The molecule has 0 saturated heterocycles. The van der Waals surface area contributed by atoms with E-state index >= 15 is 0 Å². The molecule has 0 saturated carbocycles. The zero-order chi connectivity index (χ0) is 22.5. The lowest BCUT2D eigenvalue weighted by atomic mass is 10.0. The summed E-state index contributed by atoms with van der Waals surface area (Å²) < 4.78 is 20.2. The van der Waals surface area contributed by atoms with Crippen molar-refractivity contribution >= 4 is 13.3 Å². The van der Waals surface area contributed by atoms with Crippen LogP contribution in [0.25, 0.3) is 0 Å². The Morgan fingerprint density at radius 1 is 0.733 bits per heavy atom. The Morgan fingerprint density at radius 3 is 1.53 bits per heavy atom. The van der Waals surface area contributed by atoms with Gasteiger partial charge in [-0.3, -0.25) is 0 Å². The van der Waals surface area contributed by atoms with Crippen molar-refractivity contribution in [3.63, 3.8) is 0 Å². The molecule has 7 nitrogen and oxygen atoms in total. The number of aliphatic hydroxyl groups is 1. The fraction of sp³-hybridized carbons (Fsp3) is 0.955. The molecule has 0 heterocycles. The van der Waals surface area contributed by atoms with E-state index in [9.17, 15) is 14.5 Å². The molecule has 0 aromatic carbocycles. The zero-order valence-corrected chi connectivity index (χ0v) is 19.8. The molecular weight excluding hydrogens is 407 g/mol. The highest BCUT2D eigenvalue weighted by Gasteiger charge is 2.28. The quantitative estimate of drug-likeness (QED) is 0.138. The molecule has 8 heteroatoms. The Bertz CT molecular complexity index is 439. The van der Waals surface area contributed by atoms with Crippen molar-refractivity contribution in [2.75, 3.05) is 19.8 Å². The molecule has 180 valence electrons. The van der Waals surface area contributed by atoms with Gasteiger partial charge in [0.25, 0.3) is 0 Å². The molecular formula is C22H45O7P. The Kier molecular flexibility index (Phi) is 20.1. The fourth-order valence-electron chi connectivity index (χ4n) is 3.27. The number of carbonyl (C=O) groups excluding carboxylic acids is 1. The smallest absolute Gasteiger partial charge is 0.433 e. The Hall–Kier alpha value is -0.460. The van der Waals surface area contributed by atoms with Crippen LogP contribution in [0.2, 0.25) is 0 Å². The molecule has 0 amide bonds.